The number of carbonyl (C=O) groups excluding carboxylic acids is 1. The van der Waals surface area contributed by atoms with Gasteiger partial charge in [-0.1, -0.05) is 12.1 Å². The summed E-state index contributed by atoms with van der Waals surface area (Å²) in [5.41, 5.74) is 4.60. The minimum Gasteiger partial charge on any atom is -0.436 e. The van der Waals surface area contributed by atoms with Crippen LogP contribution in [-0.2, 0) is 0 Å². The first kappa shape index (κ1) is 16.5. The molecule has 4 rings (SSSR count). The highest BCUT2D eigenvalue weighted by molar-refractivity contribution is 9.10. The molecule has 128 valence electrons. The van der Waals surface area contributed by atoms with Crippen molar-refractivity contribution in [1.82, 2.24) is 9.97 Å². The number of aryl methyl sites for hydroxylation is 1. The molecule has 0 saturated carbocycles. The Balaban J connectivity index is 1.62. The highest BCUT2D eigenvalue weighted by atomic mass is 79.9. The van der Waals surface area contributed by atoms with E-state index in [0.29, 0.717) is 17.1 Å². The third-order valence-corrected chi connectivity index (χ3v) is 4.31. The van der Waals surface area contributed by atoms with E-state index in [2.05, 4.69) is 31.2 Å². The molecule has 5 nitrogen and oxygen atoms in total. The maximum absolute atomic E-state index is 12.4. The molecule has 0 aliphatic rings. The van der Waals surface area contributed by atoms with Crippen LogP contribution in [0.3, 0.4) is 0 Å². The number of oxazole rings is 1. The molecule has 1 amide bonds. The Kier molecular flexibility index (Phi) is 4.26. The fourth-order valence-electron chi connectivity index (χ4n) is 2.63. The number of nitrogens with one attached hydrogen (secondary N) is 1. The Morgan fingerprint density at radius 2 is 2.00 bits per heavy atom. The van der Waals surface area contributed by atoms with Crippen LogP contribution in [0, 0.1) is 6.92 Å². The molecule has 26 heavy (non-hydrogen) atoms. The first-order valence-electron chi connectivity index (χ1n) is 7.98. The number of nitrogens with zero attached hydrogens (tertiary/aromatic N) is 2. The standard InChI is InChI=1S/C20H14BrN3O2/c1-12-5-6-18-17(7-12)24-20(26-18)13-3-2-4-16(9-13)23-19(25)14-8-15(21)11-22-10-14/h2-11H,1H3,(H,23,25). The third-order valence-electron chi connectivity index (χ3n) is 3.88. The molecule has 0 aliphatic heterocycles. The van der Waals surface area contributed by atoms with Gasteiger partial charge in [-0.05, 0) is 64.8 Å². The molecule has 0 spiro atoms. The Hall–Kier alpha value is -2.99. The lowest BCUT2D eigenvalue weighted by Crippen LogP contribution is -2.12. The number of rotatable bonds is 3. The Bertz CT molecular complexity index is 1120. The van der Waals surface area contributed by atoms with E-state index in [9.17, 15) is 4.79 Å². The van der Waals surface area contributed by atoms with Crippen LogP contribution in [0.15, 0.2) is 69.8 Å². The number of hydrogen-bond donors (Lipinski definition) is 1. The number of aromatic nitrogens is 2. The van der Waals surface area contributed by atoms with Crippen LogP contribution in [0.2, 0.25) is 0 Å². The first-order chi connectivity index (χ1) is 12.6. The van der Waals surface area contributed by atoms with E-state index < -0.39 is 0 Å². The fourth-order valence-corrected chi connectivity index (χ4v) is 3.00. The quantitative estimate of drug-likeness (QED) is 0.505. The average Bonchev–Trinajstić information content (AvgIpc) is 3.05. The lowest BCUT2D eigenvalue weighted by Gasteiger charge is -2.06. The molecule has 2 aromatic carbocycles. The predicted octanol–water partition coefficient (Wildman–Crippen LogP) is 5.21. The van der Waals surface area contributed by atoms with Crippen LogP contribution in [0.5, 0.6) is 0 Å². The summed E-state index contributed by atoms with van der Waals surface area (Å²) >= 11 is 3.32. The van der Waals surface area contributed by atoms with Crippen LogP contribution >= 0.6 is 15.9 Å². The van der Waals surface area contributed by atoms with Gasteiger partial charge in [-0.3, -0.25) is 9.78 Å². The summed E-state index contributed by atoms with van der Waals surface area (Å²) < 4.78 is 6.58. The molecule has 4 aromatic rings. The van der Waals surface area contributed by atoms with Crippen LogP contribution in [0.1, 0.15) is 15.9 Å². The SMILES string of the molecule is Cc1ccc2oc(-c3cccc(NC(=O)c4cncc(Br)c4)c3)nc2c1. The number of carbonyl (C=O) groups is 1. The van der Waals surface area contributed by atoms with Gasteiger partial charge in [-0.15, -0.1) is 0 Å². The topological polar surface area (TPSA) is 68.0 Å². The Morgan fingerprint density at radius 1 is 1.12 bits per heavy atom. The van der Waals surface area contributed by atoms with E-state index in [-0.39, 0.29) is 5.91 Å². The van der Waals surface area contributed by atoms with E-state index in [1.807, 2.05) is 49.4 Å². The highest BCUT2D eigenvalue weighted by Gasteiger charge is 2.11. The second-order valence-electron chi connectivity index (χ2n) is 5.92. The average molecular weight is 408 g/mol. The van der Waals surface area contributed by atoms with Crippen molar-refractivity contribution in [3.8, 4) is 11.5 Å². The second-order valence-corrected chi connectivity index (χ2v) is 6.83. The molecule has 1 N–H and O–H groups in total. The van der Waals surface area contributed by atoms with Crippen molar-refractivity contribution in [1.29, 1.82) is 0 Å². The zero-order valence-corrected chi connectivity index (χ0v) is 15.4. The summed E-state index contributed by atoms with van der Waals surface area (Å²) in [5.74, 6) is 0.287. The molecule has 0 radical (unpaired) electrons. The van der Waals surface area contributed by atoms with Crippen molar-refractivity contribution in [2.45, 2.75) is 6.92 Å². The van der Waals surface area contributed by atoms with Gasteiger partial charge in [0.2, 0.25) is 5.89 Å². The van der Waals surface area contributed by atoms with Crippen molar-refractivity contribution >= 4 is 38.6 Å². The van der Waals surface area contributed by atoms with Gasteiger partial charge in [0, 0.05) is 28.1 Å². The molecular formula is C20H14BrN3O2. The van der Waals surface area contributed by atoms with Crippen molar-refractivity contribution in [3.05, 3.63) is 76.5 Å². The van der Waals surface area contributed by atoms with Crippen LogP contribution in [0.4, 0.5) is 5.69 Å². The molecule has 0 fully saturated rings. The van der Waals surface area contributed by atoms with Crippen molar-refractivity contribution in [2.75, 3.05) is 5.32 Å². The monoisotopic (exact) mass is 407 g/mol. The van der Waals surface area contributed by atoms with E-state index in [0.717, 1.165) is 26.7 Å². The number of halogens is 1. The van der Waals surface area contributed by atoms with E-state index in [1.54, 1.807) is 12.3 Å². The van der Waals surface area contributed by atoms with Gasteiger partial charge in [-0.25, -0.2) is 4.98 Å². The van der Waals surface area contributed by atoms with Crippen LogP contribution in [0.25, 0.3) is 22.6 Å². The minimum absolute atomic E-state index is 0.232. The molecule has 0 atom stereocenters. The van der Waals surface area contributed by atoms with Gasteiger partial charge in [0.05, 0.1) is 5.56 Å². The predicted molar refractivity (Wildman–Crippen MR) is 104 cm³/mol. The molecule has 0 unspecified atom stereocenters. The van der Waals surface area contributed by atoms with Gasteiger partial charge in [0.15, 0.2) is 5.58 Å². The number of hydrogen-bond acceptors (Lipinski definition) is 4. The molecule has 0 saturated heterocycles. The largest absolute Gasteiger partial charge is 0.436 e. The number of anilines is 1. The maximum Gasteiger partial charge on any atom is 0.257 e. The molecule has 2 aromatic heterocycles. The van der Waals surface area contributed by atoms with Crippen LogP contribution in [-0.4, -0.2) is 15.9 Å². The molecular weight excluding hydrogens is 394 g/mol. The second kappa shape index (κ2) is 6.72. The zero-order valence-electron chi connectivity index (χ0n) is 13.9. The van der Waals surface area contributed by atoms with Gasteiger partial charge in [-0.2, -0.15) is 0 Å². The normalized spacial score (nSPS) is 10.8. The van der Waals surface area contributed by atoms with E-state index in [4.69, 9.17) is 4.42 Å². The summed E-state index contributed by atoms with van der Waals surface area (Å²) in [4.78, 5) is 20.9. The third kappa shape index (κ3) is 3.36. The van der Waals surface area contributed by atoms with Gasteiger partial charge in [0.25, 0.3) is 5.91 Å². The van der Waals surface area contributed by atoms with Crippen molar-refractivity contribution in [3.63, 3.8) is 0 Å². The number of fused-ring (bicyclic) bond motifs is 1. The van der Waals surface area contributed by atoms with Crippen molar-refractivity contribution in [2.24, 2.45) is 0 Å². The lowest BCUT2D eigenvalue weighted by molar-refractivity contribution is 0.102. The molecule has 0 aliphatic carbocycles. The summed E-state index contributed by atoms with van der Waals surface area (Å²) in [6.45, 7) is 2.01. The summed E-state index contributed by atoms with van der Waals surface area (Å²) in [7, 11) is 0. The first-order valence-corrected chi connectivity index (χ1v) is 8.77. The van der Waals surface area contributed by atoms with E-state index in [1.165, 1.54) is 6.20 Å². The van der Waals surface area contributed by atoms with Gasteiger partial charge >= 0.3 is 0 Å². The molecule has 0 bridgehead atoms. The fraction of sp³-hybridized carbons (Fsp3) is 0.0500. The summed E-state index contributed by atoms with van der Waals surface area (Å²) in [6.07, 6.45) is 3.15. The van der Waals surface area contributed by atoms with Crippen molar-refractivity contribution < 1.29 is 9.21 Å². The van der Waals surface area contributed by atoms with E-state index >= 15 is 0 Å². The zero-order chi connectivity index (χ0) is 18.1. The molecule has 2 heterocycles. The highest BCUT2D eigenvalue weighted by Crippen LogP contribution is 2.27. The Labute approximate surface area is 158 Å². The number of benzene rings is 2. The summed E-state index contributed by atoms with van der Waals surface area (Å²) in [6, 6.07) is 15.0. The van der Waals surface area contributed by atoms with Gasteiger partial charge in [0.1, 0.15) is 5.52 Å². The smallest absolute Gasteiger partial charge is 0.257 e. The minimum atomic E-state index is -0.232. The molecule has 6 heteroatoms. The van der Waals surface area contributed by atoms with Gasteiger partial charge < -0.3 is 9.73 Å². The number of pyridine rings is 1. The lowest BCUT2D eigenvalue weighted by atomic mass is 10.2. The number of amides is 1. The maximum atomic E-state index is 12.4. The summed E-state index contributed by atoms with van der Waals surface area (Å²) in [5, 5.41) is 2.87. The van der Waals surface area contributed by atoms with Crippen LogP contribution < -0.4 is 5.32 Å². The Morgan fingerprint density at radius 3 is 2.85 bits per heavy atom.